The van der Waals surface area contributed by atoms with E-state index < -0.39 is 0 Å². The maximum atomic E-state index is 12.8. The number of anilines is 1. The van der Waals surface area contributed by atoms with Crippen LogP contribution in [-0.2, 0) is 0 Å². The van der Waals surface area contributed by atoms with Gasteiger partial charge in [0.05, 0.1) is 5.56 Å². The molecule has 0 radical (unpaired) electrons. The Hall–Kier alpha value is -0.870. The fourth-order valence-electron chi connectivity index (χ4n) is 2.55. The maximum absolute atomic E-state index is 12.8. The smallest absolute Gasteiger partial charge is 0.256 e. The van der Waals surface area contributed by atoms with Crippen LogP contribution in [0.1, 0.15) is 31.1 Å². The lowest BCUT2D eigenvalue weighted by Gasteiger charge is -2.35. The summed E-state index contributed by atoms with van der Waals surface area (Å²) in [5.74, 6) is 0.0717. The number of nitrogens with one attached hydrogen (secondary N) is 1. The van der Waals surface area contributed by atoms with Crippen molar-refractivity contribution in [2.75, 3.05) is 25.0 Å². The monoisotopic (exact) mass is 312 g/mol. The number of carbonyl (C=O) groups excluding carboxylic acids is 1. The molecule has 1 heterocycles. The third-order valence-electron chi connectivity index (χ3n) is 3.29. The quantitative estimate of drug-likeness (QED) is 0.923. The van der Waals surface area contributed by atoms with Crippen molar-refractivity contribution in [2.24, 2.45) is 0 Å². The molecule has 0 aromatic heterocycles. The summed E-state index contributed by atoms with van der Waals surface area (Å²) < 4.78 is 0. The maximum Gasteiger partial charge on any atom is 0.256 e. The molecule has 1 aliphatic rings. The van der Waals surface area contributed by atoms with Gasteiger partial charge in [-0.25, -0.2) is 0 Å². The third-order valence-corrected chi connectivity index (χ3v) is 4.75. The van der Waals surface area contributed by atoms with Gasteiger partial charge in [0, 0.05) is 40.8 Å². The van der Waals surface area contributed by atoms with Gasteiger partial charge < -0.3 is 10.2 Å². The molecule has 110 valence electrons. The van der Waals surface area contributed by atoms with E-state index in [-0.39, 0.29) is 5.91 Å². The topological polar surface area (TPSA) is 32.3 Å². The first kappa shape index (κ1) is 15.5. The summed E-state index contributed by atoms with van der Waals surface area (Å²) in [5, 5.41) is 4.79. The van der Waals surface area contributed by atoms with E-state index in [0.29, 0.717) is 21.1 Å². The summed E-state index contributed by atoms with van der Waals surface area (Å²) in [4.78, 5) is 14.7. The number of carbonyl (C=O) groups is 1. The van der Waals surface area contributed by atoms with Gasteiger partial charge in [-0.05, 0) is 25.1 Å². The Balaban J connectivity index is 2.25. The SMILES string of the molecule is CCNc1ccc(Cl)cc1C(=O)N1CC(C)SC(C)C1. The zero-order valence-electron chi connectivity index (χ0n) is 12.1. The molecule has 0 bridgehead atoms. The van der Waals surface area contributed by atoms with Crippen molar-refractivity contribution in [3.63, 3.8) is 0 Å². The minimum absolute atomic E-state index is 0.0717. The van der Waals surface area contributed by atoms with Crippen molar-refractivity contribution in [2.45, 2.75) is 31.3 Å². The first-order valence-corrected chi connectivity index (χ1v) is 8.31. The fraction of sp³-hybridized carbons (Fsp3) is 0.533. The van der Waals surface area contributed by atoms with Gasteiger partial charge in [-0.1, -0.05) is 25.4 Å². The van der Waals surface area contributed by atoms with E-state index in [1.54, 1.807) is 6.07 Å². The highest BCUT2D eigenvalue weighted by atomic mass is 35.5. The molecule has 0 saturated carbocycles. The molecule has 5 heteroatoms. The third kappa shape index (κ3) is 3.61. The Morgan fingerprint density at radius 1 is 1.40 bits per heavy atom. The van der Waals surface area contributed by atoms with Gasteiger partial charge in [-0.15, -0.1) is 0 Å². The number of hydrogen-bond donors (Lipinski definition) is 1. The number of thioether (sulfide) groups is 1. The van der Waals surface area contributed by atoms with E-state index in [9.17, 15) is 4.79 Å². The average molecular weight is 313 g/mol. The second kappa shape index (κ2) is 6.72. The summed E-state index contributed by atoms with van der Waals surface area (Å²) in [6.45, 7) is 8.74. The van der Waals surface area contributed by atoms with Crippen LogP contribution in [0.5, 0.6) is 0 Å². The minimum Gasteiger partial charge on any atom is -0.385 e. The van der Waals surface area contributed by atoms with E-state index in [0.717, 1.165) is 25.3 Å². The molecular weight excluding hydrogens is 292 g/mol. The summed E-state index contributed by atoms with van der Waals surface area (Å²) in [5.41, 5.74) is 1.53. The molecule has 2 atom stereocenters. The zero-order chi connectivity index (χ0) is 14.7. The molecule has 20 heavy (non-hydrogen) atoms. The first-order chi connectivity index (χ1) is 9.51. The van der Waals surface area contributed by atoms with Gasteiger partial charge in [-0.3, -0.25) is 4.79 Å². The van der Waals surface area contributed by atoms with Crippen LogP contribution < -0.4 is 5.32 Å². The second-order valence-corrected chi connectivity index (χ2v) is 7.51. The molecule has 3 nitrogen and oxygen atoms in total. The number of benzene rings is 1. The van der Waals surface area contributed by atoms with Crippen molar-refractivity contribution in [1.82, 2.24) is 4.90 Å². The van der Waals surface area contributed by atoms with E-state index in [1.165, 1.54) is 0 Å². The van der Waals surface area contributed by atoms with Gasteiger partial charge >= 0.3 is 0 Å². The van der Waals surface area contributed by atoms with Gasteiger partial charge in [-0.2, -0.15) is 11.8 Å². The Kier molecular flexibility index (Phi) is 5.22. The lowest BCUT2D eigenvalue weighted by atomic mass is 10.1. The van der Waals surface area contributed by atoms with Gasteiger partial charge in [0.25, 0.3) is 5.91 Å². The molecule has 1 aromatic rings. The first-order valence-electron chi connectivity index (χ1n) is 6.99. The fourth-order valence-corrected chi connectivity index (χ4v) is 4.05. The average Bonchev–Trinajstić information content (AvgIpc) is 2.39. The molecule has 1 fully saturated rings. The number of nitrogens with zero attached hydrogens (tertiary/aromatic N) is 1. The van der Waals surface area contributed by atoms with Crippen molar-refractivity contribution in [3.8, 4) is 0 Å². The molecule has 1 aromatic carbocycles. The summed E-state index contributed by atoms with van der Waals surface area (Å²) in [6, 6.07) is 5.46. The predicted molar refractivity (Wildman–Crippen MR) is 88.0 cm³/mol. The Morgan fingerprint density at radius 2 is 2.05 bits per heavy atom. The molecular formula is C15H21ClN2OS. The molecule has 0 aliphatic carbocycles. The standard InChI is InChI=1S/C15H21ClN2OS/c1-4-17-14-6-5-12(16)7-13(14)15(19)18-8-10(2)20-11(3)9-18/h5-7,10-11,17H,4,8-9H2,1-3H3. The highest BCUT2D eigenvalue weighted by molar-refractivity contribution is 8.00. The summed E-state index contributed by atoms with van der Waals surface area (Å²) in [6.07, 6.45) is 0. The van der Waals surface area contributed by atoms with Crippen LogP contribution in [-0.4, -0.2) is 40.9 Å². The molecule has 0 spiro atoms. The minimum atomic E-state index is 0.0717. The van der Waals surface area contributed by atoms with Crippen molar-refractivity contribution in [3.05, 3.63) is 28.8 Å². The van der Waals surface area contributed by atoms with Crippen LogP contribution in [0.2, 0.25) is 5.02 Å². The van der Waals surface area contributed by atoms with E-state index in [1.807, 2.05) is 35.7 Å². The summed E-state index contributed by atoms with van der Waals surface area (Å²) >= 11 is 7.99. The van der Waals surface area contributed by atoms with Crippen LogP contribution in [0.3, 0.4) is 0 Å². The zero-order valence-corrected chi connectivity index (χ0v) is 13.7. The Labute approximate surface area is 130 Å². The number of hydrogen-bond acceptors (Lipinski definition) is 3. The highest BCUT2D eigenvalue weighted by Gasteiger charge is 2.27. The van der Waals surface area contributed by atoms with Gasteiger partial charge in [0.1, 0.15) is 0 Å². The van der Waals surface area contributed by atoms with E-state index >= 15 is 0 Å². The number of amides is 1. The van der Waals surface area contributed by atoms with Crippen molar-refractivity contribution in [1.29, 1.82) is 0 Å². The van der Waals surface area contributed by atoms with Crippen LogP contribution in [0.15, 0.2) is 18.2 Å². The van der Waals surface area contributed by atoms with Gasteiger partial charge in [0.2, 0.25) is 0 Å². The molecule has 1 saturated heterocycles. The number of rotatable bonds is 3. The van der Waals surface area contributed by atoms with Crippen LogP contribution in [0, 0.1) is 0 Å². The summed E-state index contributed by atoms with van der Waals surface area (Å²) in [7, 11) is 0. The molecule has 1 amide bonds. The highest BCUT2D eigenvalue weighted by Crippen LogP contribution is 2.28. The normalized spacial score (nSPS) is 22.7. The predicted octanol–water partition coefficient (Wildman–Crippen LogP) is 3.74. The molecule has 2 rings (SSSR count). The van der Waals surface area contributed by atoms with E-state index in [4.69, 9.17) is 11.6 Å². The number of halogens is 1. The van der Waals surface area contributed by atoms with Crippen LogP contribution >= 0.6 is 23.4 Å². The van der Waals surface area contributed by atoms with Crippen LogP contribution in [0.25, 0.3) is 0 Å². The lowest BCUT2D eigenvalue weighted by molar-refractivity contribution is 0.0754. The largest absolute Gasteiger partial charge is 0.385 e. The van der Waals surface area contributed by atoms with Gasteiger partial charge in [0.15, 0.2) is 0 Å². The Morgan fingerprint density at radius 3 is 2.65 bits per heavy atom. The Bertz CT molecular complexity index is 485. The van der Waals surface area contributed by atoms with Crippen LogP contribution in [0.4, 0.5) is 5.69 Å². The molecule has 1 aliphatic heterocycles. The van der Waals surface area contributed by atoms with Crippen molar-refractivity contribution >= 4 is 35.0 Å². The second-order valence-electron chi connectivity index (χ2n) is 5.19. The molecule has 1 N–H and O–H groups in total. The van der Waals surface area contributed by atoms with Crippen molar-refractivity contribution < 1.29 is 4.79 Å². The lowest BCUT2D eigenvalue weighted by Crippen LogP contribution is -2.44. The van der Waals surface area contributed by atoms with E-state index in [2.05, 4.69) is 19.2 Å². The molecule has 2 unspecified atom stereocenters.